The van der Waals surface area contributed by atoms with Crippen molar-refractivity contribution in [3.05, 3.63) is 47.0 Å². The predicted octanol–water partition coefficient (Wildman–Crippen LogP) is 4.95. The van der Waals surface area contributed by atoms with E-state index in [2.05, 4.69) is 5.32 Å². The van der Waals surface area contributed by atoms with E-state index in [4.69, 9.17) is 35.8 Å². The number of aliphatic imine (C=N–C) groups is 2. The monoisotopic (exact) mass is 502 g/mol. The molecule has 1 saturated heterocycles. The van der Waals surface area contributed by atoms with E-state index in [0.29, 0.717) is 48.1 Å². The highest BCUT2D eigenvalue weighted by Gasteiger charge is 2.40. The van der Waals surface area contributed by atoms with Gasteiger partial charge in [-0.3, -0.25) is 4.99 Å². The molecule has 1 N–H and O–H groups in total. The number of rotatable bonds is 5. The number of carbonyl (C=O) groups is 1. The summed E-state index contributed by atoms with van der Waals surface area (Å²) in [5, 5.41) is 4.21. The van der Waals surface area contributed by atoms with Crippen LogP contribution >= 0.6 is 23.4 Å². The minimum atomic E-state index is -0.536. The van der Waals surface area contributed by atoms with Crippen molar-refractivity contribution in [3.8, 4) is 17.2 Å². The Morgan fingerprint density at radius 2 is 1.71 bits per heavy atom. The average Bonchev–Trinajstić information content (AvgIpc) is 3.22. The molecule has 0 aliphatic carbocycles. The number of halogens is 1. The summed E-state index contributed by atoms with van der Waals surface area (Å²) in [6.45, 7) is 1.06. The number of nitrogens with one attached hydrogen (secondary N) is 1. The van der Waals surface area contributed by atoms with Crippen molar-refractivity contribution in [3.63, 3.8) is 0 Å². The Hall–Kier alpha value is -2.91. The Morgan fingerprint density at radius 3 is 2.29 bits per heavy atom. The molecule has 2 amide bonds. The van der Waals surface area contributed by atoms with Gasteiger partial charge < -0.3 is 24.4 Å². The largest absolute Gasteiger partial charge is 0.497 e. The molecule has 4 rings (SSSR count). The fourth-order valence-corrected chi connectivity index (χ4v) is 4.90. The Balaban J connectivity index is 1.46. The molecule has 0 aromatic heterocycles. The van der Waals surface area contributed by atoms with Crippen LogP contribution in [0.3, 0.4) is 0 Å². The van der Waals surface area contributed by atoms with E-state index in [1.54, 1.807) is 35.9 Å². The number of thioether (sulfide) groups is 1. The smallest absolute Gasteiger partial charge is 0.321 e. The van der Waals surface area contributed by atoms with Gasteiger partial charge in [-0.25, -0.2) is 9.79 Å². The second-order valence-corrected chi connectivity index (χ2v) is 9.10. The lowest BCUT2D eigenvalue weighted by Gasteiger charge is -2.35. The topological polar surface area (TPSA) is 84.8 Å². The van der Waals surface area contributed by atoms with Crippen molar-refractivity contribution in [2.75, 3.05) is 46.0 Å². The lowest BCUT2D eigenvalue weighted by atomic mass is 9.98. The molecule has 2 heterocycles. The number of hydrogen-bond donors (Lipinski definition) is 1. The lowest BCUT2D eigenvalue weighted by Crippen LogP contribution is -2.46. The highest BCUT2D eigenvalue weighted by Crippen LogP contribution is 2.38. The molecule has 1 fully saturated rings. The number of ether oxygens (including phenoxy) is 3. The van der Waals surface area contributed by atoms with Gasteiger partial charge in [-0.2, -0.15) is 0 Å². The van der Waals surface area contributed by atoms with Gasteiger partial charge in [-0.05, 0) is 36.6 Å². The quantitative estimate of drug-likeness (QED) is 0.625. The van der Waals surface area contributed by atoms with Gasteiger partial charge in [0.1, 0.15) is 22.3 Å². The summed E-state index contributed by atoms with van der Waals surface area (Å²) in [7, 11) is 4.71. The third-order valence-corrected chi connectivity index (χ3v) is 6.92. The van der Waals surface area contributed by atoms with E-state index in [1.165, 1.54) is 14.2 Å². The summed E-state index contributed by atoms with van der Waals surface area (Å²) < 4.78 is 15.9. The molecule has 0 saturated carbocycles. The van der Waals surface area contributed by atoms with Gasteiger partial charge in [0.15, 0.2) is 5.66 Å². The average molecular weight is 503 g/mol. The van der Waals surface area contributed by atoms with Crippen LogP contribution in [0, 0.1) is 0 Å². The molecule has 180 valence electrons. The first-order chi connectivity index (χ1) is 16.4. The van der Waals surface area contributed by atoms with Crippen LogP contribution in [-0.4, -0.2) is 68.0 Å². The van der Waals surface area contributed by atoms with Crippen LogP contribution in [0.15, 0.2) is 46.4 Å². The molecular formula is C24H27ClN4O4S. The number of amides is 2. The number of methoxy groups -OCH3 is 3. The Bertz CT molecular complexity index is 1130. The number of urea groups is 1. The highest BCUT2D eigenvalue weighted by atomic mass is 35.5. The van der Waals surface area contributed by atoms with Crippen LogP contribution in [0.25, 0.3) is 0 Å². The summed E-state index contributed by atoms with van der Waals surface area (Å²) >= 11 is 7.82. The van der Waals surface area contributed by atoms with Crippen molar-refractivity contribution in [2.24, 2.45) is 9.98 Å². The van der Waals surface area contributed by atoms with Crippen molar-refractivity contribution in [1.82, 2.24) is 4.90 Å². The maximum Gasteiger partial charge on any atom is 0.321 e. The number of likely N-dealkylation sites (tertiary alicyclic amines) is 1. The SMILES string of the molecule is COc1ccc(C2=NC3(CCN(C(=O)Nc4cc(Cl)c(OC)cc4OC)CC3)N=C2SC)cc1. The van der Waals surface area contributed by atoms with Gasteiger partial charge in [0, 0.05) is 37.6 Å². The lowest BCUT2D eigenvalue weighted by molar-refractivity contribution is 0.175. The van der Waals surface area contributed by atoms with E-state index >= 15 is 0 Å². The molecule has 2 aliphatic rings. The van der Waals surface area contributed by atoms with Crippen LogP contribution in [0.5, 0.6) is 17.2 Å². The van der Waals surface area contributed by atoms with E-state index in [0.717, 1.165) is 22.1 Å². The Morgan fingerprint density at radius 1 is 1.03 bits per heavy atom. The second kappa shape index (κ2) is 10.1. The van der Waals surface area contributed by atoms with E-state index < -0.39 is 5.66 Å². The molecule has 2 aromatic rings. The molecule has 0 bridgehead atoms. The predicted molar refractivity (Wildman–Crippen MR) is 138 cm³/mol. The van der Waals surface area contributed by atoms with Gasteiger partial charge in [0.2, 0.25) is 0 Å². The van der Waals surface area contributed by atoms with Crippen LogP contribution in [0.2, 0.25) is 5.02 Å². The number of benzene rings is 2. The molecule has 1 spiro atoms. The number of carbonyl (C=O) groups excluding carboxylic acids is 1. The summed E-state index contributed by atoms with van der Waals surface area (Å²) in [4.78, 5) is 24.7. The Kier molecular flexibility index (Phi) is 7.23. The van der Waals surface area contributed by atoms with Gasteiger partial charge in [-0.15, -0.1) is 11.8 Å². The van der Waals surface area contributed by atoms with Gasteiger partial charge >= 0.3 is 6.03 Å². The summed E-state index contributed by atoms with van der Waals surface area (Å²) in [6.07, 6.45) is 3.29. The number of piperidine rings is 1. The normalized spacial score (nSPS) is 16.7. The molecule has 0 unspecified atom stereocenters. The number of hydrogen-bond acceptors (Lipinski definition) is 7. The molecule has 34 heavy (non-hydrogen) atoms. The molecule has 10 heteroatoms. The zero-order valence-corrected chi connectivity index (χ0v) is 21.1. The van der Waals surface area contributed by atoms with Crippen molar-refractivity contribution < 1.29 is 19.0 Å². The zero-order chi connectivity index (χ0) is 24.3. The number of anilines is 1. The third kappa shape index (κ3) is 4.81. The highest BCUT2D eigenvalue weighted by molar-refractivity contribution is 8.15. The molecular weight excluding hydrogens is 476 g/mol. The number of nitrogens with zero attached hydrogens (tertiary/aromatic N) is 3. The fraction of sp³-hybridized carbons (Fsp3) is 0.375. The summed E-state index contributed by atoms with van der Waals surface area (Å²) in [6, 6.07) is 10.9. The molecule has 0 radical (unpaired) electrons. The van der Waals surface area contributed by atoms with Crippen molar-refractivity contribution in [1.29, 1.82) is 0 Å². The van der Waals surface area contributed by atoms with Gasteiger partial charge in [0.25, 0.3) is 0 Å². The minimum Gasteiger partial charge on any atom is -0.497 e. The third-order valence-electron chi connectivity index (χ3n) is 5.96. The van der Waals surface area contributed by atoms with E-state index in [9.17, 15) is 4.79 Å². The van der Waals surface area contributed by atoms with Crippen LogP contribution in [-0.2, 0) is 0 Å². The van der Waals surface area contributed by atoms with E-state index in [1.807, 2.05) is 30.5 Å². The first-order valence-electron chi connectivity index (χ1n) is 10.8. The molecule has 2 aromatic carbocycles. The van der Waals surface area contributed by atoms with Gasteiger partial charge in [-0.1, -0.05) is 11.6 Å². The first kappa shape index (κ1) is 24.2. The summed E-state index contributed by atoms with van der Waals surface area (Å²) in [5.41, 5.74) is 1.85. The Labute approximate surface area is 208 Å². The molecule has 8 nitrogen and oxygen atoms in total. The van der Waals surface area contributed by atoms with Crippen LogP contribution in [0.4, 0.5) is 10.5 Å². The van der Waals surface area contributed by atoms with Crippen LogP contribution < -0.4 is 19.5 Å². The maximum atomic E-state index is 13.0. The minimum absolute atomic E-state index is 0.221. The standard InChI is InChI=1S/C24H27ClN4O4S/c1-31-16-7-5-15(6-8-16)21-22(34-4)28-24(27-21)9-11-29(12-10-24)23(30)26-18-13-17(25)19(32-2)14-20(18)33-3/h5-8,13-14H,9-12H2,1-4H3,(H,26,30). The molecule has 0 atom stereocenters. The van der Waals surface area contributed by atoms with E-state index in [-0.39, 0.29) is 6.03 Å². The maximum absolute atomic E-state index is 13.0. The second-order valence-electron chi connectivity index (χ2n) is 7.90. The van der Waals surface area contributed by atoms with Gasteiger partial charge in [0.05, 0.1) is 37.8 Å². The van der Waals surface area contributed by atoms with Crippen molar-refractivity contribution in [2.45, 2.75) is 18.5 Å². The van der Waals surface area contributed by atoms with Crippen LogP contribution in [0.1, 0.15) is 18.4 Å². The molecule has 2 aliphatic heterocycles. The zero-order valence-electron chi connectivity index (χ0n) is 19.6. The summed E-state index contributed by atoms with van der Waals surface area (Å²) in [5.74, 6) is 1.75. The first-order valence-corrected chi connectivity index (χ1v) is 12.4. The fourth-order valence-electron chi connectivity index (χ4n) is 4.05. The van der Waals surface area contributed by atoms with Crippen molar-refractivity contribution >= 4 is 45.8 Å².